The number of benzene rings is 2. The Balaban J connectivity index is 2.23. The zero-order valence-corrected chi connectivity index (χ0v) is 16.6. The Morgan fingerprint density at radius 3 is 2.17 bits per heavy atom. The standard InChI is InChI=1S/C21H23NO7/c1-5-29-16-8-6-13(10-17(16)26-2)7-9-20(23)22-15-12-19(28-4)18(27-3)11-14(15)21(24)25/h6-12H,5H2,1-4H3,(H,22,23)(H,24,25)/b9-7+. The largest absolute Gasteiger partial charge is 0.493 e. The van der Waals surface area contributed by atoms with Crippen LogP contribution in [0.25, 0.3) is 6.08 Å². The molecule has 0 aliphatic carbocycles. The van der Waals surface area contributed by atoms with Crippen molar-refractivity contribution in [1.29, 1.82) is 0 Å². The predicted octanol–water partition coefficient (Wildman–Crippen LogP) is 3.46. The molecule has 2 rings (SSSR count). The number of hydrogen-bond donors (Lipinski definition) is 2. The van der Waals surface area contributed by atoms with Gasteiger partial charge in [-0.3, -0.25) is 4.79 Å². The van der Waals surface area contributed by atoms with Crippen molar-refractivity contribution >= 4 is 23.6 Å². The van der Waals surface area contributed by atoms with E-state index in [1.165, 1.54) is 39.5 Å². The fourth-order valence-electron chi connectivity index (χ4n) is 2.57. The molecule has 0 fully saturated rings. The van der Waals surface area contributed by atoms with Crippen molar-refractivity contribution in [2.75, 3.05) is 33.3 Å². The molecule has 8 nitrogen and oxygen atoms in total. The number of methoxy groups -OCH3 is 3. The lowest BCUT2D eigenvalue weighted by Crippen LogP contribution is -2.12. The Morgan fingerprint density at radius 2 is 1.59 bits per heavy atom. The summed E-state index contributed by atoms with van der Waals surface area (Å²) in [4.78, 5) is 23.8. The molecule has 2 aromatic rings. The van der Waals surface area contributed by atoms with E-state index in [9.17, 15) is 14.7 Å². The van der Waals surface area contributed by atoms with Crippen molar-refractivity contribution in [3.8, 4) is 23.0 Å². The molecule has 0 spiro atoms. The first-order chi connectivity index (χ1) is 13.9. The molecule has 0 aliphatic heterocycles. The van der Waals surface area contributed by atoms with Crippen molar-refractivity contribution in [2.45, 2.75) is 6.92 Å². The Bertz CT molecular complexity index is 921. The van der Waals surface area contributed by atoms with Gasteiger partial charge in [-0.1, -0.05) is 6.07 Å². The van der Waals surface area contributed by atoms with E-state index in [0.717, 1.165) is 0 Å². The van der Waals surface area contributed by atoms with Crippen LogP contribution in [0.5, 0.6) is 23.0 Å². The summed E-state index contributed by atoms with van der Waals surface area (Å²) >= 11 is 0. The third-order valence-electron chi connectivity index (χ3n) is 3.93. The molecule has 0 heterocycles. The van der Waals surface area contributed by atoms with Crippen LogP contribution in [-0.2, 0) is 4.79 Å². The highest BCUT2D eigenvalue weighted by atomic mass is 16.5. The van der Waals surface area contributed by atoms with Crippen LogP contribution in [-0.4, -0.2) is 44.9 Å². The van der Waals surface area contributed by atoms with E-state index in [-0.39, 0.29) is 17.0 Å². The highest BCUT2D eigenvalue weighted by Gasteiger charge is 2.17. The minimum absolute atomic E-state index is 0.0917. The van der Waals surface area contributed by atoms with Crippen LogP contribution < -0.4 is 24.3 Å². The maximum absolute atomic E-state index is 12.3. The van der Waals surface area contributed by atoms with Gasteiger partial charge in [-0.25, -0.2) is 4.79 Å². The number of aromatic carboxylic acids is 1. The molecule has 0 unspecified atom stereocenters. The lowest BCUT2D eigenvalue weighted by atomic mass is 10.1. The normalized spacial score (nSPS) is 10.5. The minimum Gasteiger partial charge on any atom is -0.493 e. The van der Waals surface area contributed by atoms with E-state index in [4.69, 9.17) is 18.9 Å². The molecule has 1 amide bonds. The predicted molar refractivity (Wildman–Crippen MR) is 108 cm³/mol. The number of rotatable bonds is 9. The summed E-state index contributed by atoms with van der Waals surface area (Å²) in [7, 11) is 4.35. The Morgan fingerprint density at radius 1 is 0.966 bits per heavy atom. The fraction of sp³-hybridized carbons (Fsp3) is 0.238. The number of carbonyl (C=O) groups is 2. The third kappa shape index (κ3) is 5.41. The fourth-order valence-corrected chi connectivity index (χ4v) is 2.57. The van der Waals surface area contributed by atoms with E-state index < -0.39 is 11.9 Å². The molecule has 0 aliphatic rings. The second-order valence-corrected chi connectivity index (χ2v) is 5.72. The highest BCUT2D eigenvalue weighted by Crippen LogP contribution is 2.33. The van der Waals surface area contributed by atoms with Gasteiger partial charge in [0.2, 0.25) is 5.91 Å². The van der Waals surface area contributed by atoms with Gasteiger partial charge in [-0.05, 0) is 30.7 Å². The summed E-state index contributed by atoms with van der Waals surface area (Å²) in [6.07, 6.45) is 2.87. The van der Waals surface area contributed by atoms with E-state index in [1.54, 1.807) is 24.3 Å². The van der Waals surface area contributed by atoms with Crippen LogP contribution in [0, 0.1) is 0 Å². The summed E-state index contributed by atoms with van der Waals surface area (Å²) in [6, 6.07) is 7.94. The Labute approximate surface area is 168 Å². The number of carboxylic acids is 1. The van der Waals surface area contributed by atoms with Crippen LogP contribution in [0.15, 0.2) is 36.4 Å². The highest BCUT2D eigenvalue weighted by molar-refractivity contribution is 6.06. The van der Waals surface area contributed by atoms with Gasteiger partial charge in [0.25, 0.3) is 0 Å². The van der Waals surface area contributed by atoms with Gasteiger partial charge < -0.3 is 29.4 Å². The van der Waals surface area contributed by atoms with Gasteiger partial charge >= 0.3 is 5.97 Å². The first kappa shape index (κ1) is 21.6. The topological polar surface area (TPSA) is 103 Å². The molecule has 0 aromatic heterocycles. The number of carbonyl (C=O) groups excluding carboxylic acids is 1. The quantitative estimate of drug-likeness (QED) is 0.620. The minimum atomic E-state index is -1.21. The van der Waals surface area contributed by atoms with Gasteiger partial charge in [-0.2, -0.15) is 0 Å². The average Bonchev–Trinajstić information content (AvgIpc) is 2.72. The van der Waals surface area contributed by atoms with E-state index in [0.29, 0.717) is 29.4 Å². The summed E-state index contributed by atoms with van der Waals surface area (Å²) in [5.41, 5.74) is 0.687. The Kier molecular flexibility index (Phi) is 7.47. The van der Waals surface area contributed by atoms with Crippen molar-refractivity contribution in [2.24, 2.45) is 0 Å². The maximum atomic E-state index is 12.3. The van der Waals surface area contributed by atoms with E-state index in [2.05, 4.69) is 5.32 Å². The zero-order valence-electron chi connectivity index (χ0n) is 16.6. The van der Waals surface area contributed by atoms with Crippen molar-refractivity contribution in [1.82, 2.24) is 0 Å². The first-order valence-electron chi connectivity index (χ1n) is 8.72. The van der Waals surface area contributed by atoms with Gasteiger partial charge in [0.05, 0.1) is 39.2 Å². The third-order valence-corrected chi connectivity index (χ3v) is 3.93. The first-order valence-corrected chi connectivity index (χ1v) is 8.72. The molecular formula is C21H23NO7. The molecule has 2 aromatic carbocycles. The Hall–Kier alpha value is -3.68. The zero-order chi connectivity index (χ0) is 21.4. The number of nitrogens with one attached hydrogen (secondary N) is 1. The number of anilines is 1. The van der Waals surface area contributed by atoms with Crippen molar-refractivity contribution in [3.63, 3.8) is 0 Å². The summed E-state index contributed by atoms with van der Waals surface area (Å²) in [5, 5.41) is 12.0. The lowest BCUT2D eigenvalue weighted by molar-refractivity contribution is -0.111. The molecule has 0 radical (unpaired) electrons. The summed E-state index contributed by atoms with van der Waals surface area (Å²) in [6.45, 7) is 2.38. The van der Waals surface area contributed by atoms with Crippen LogP contribution in [0.3, 0.4) is 0 Å². The van der Waals surface area contributed by atoms with Crippen LogP contribution in [0.1, 0.15) is 22.8 Å². The number of amides is 1. The van der Waals surface area contributed by atoms with Gasteiger partial charge in [0.1, 0.15) is 0 Å². The summed E-state index contributed by atoms with van der Waals surface area (Å²) in [5.74, 6) is -0.0162. The molecule has 8 heteroatoms. The van der Waals surface area contributed by atoms with Gasteiger partial charge in [0.15, 0.2) is 23.0 Å². The van der Waals surface area contributed by atoms with Crippen LogP contribution in [0.4, 0.5) is 5.69 Å². The second-order valence-electron chi connectivity index (χ2n) is 5.72. The lowest BCUT2D eigenvalue weighted by Gasteiger charge is -2.13. The van der Waals surface area contributed by atoms with Gasteiger partial charge in [-0.15, -0.1) is 0 Å². The smallest absolute Gasteiger partial charge is 0.337 e. The van der Waals surface area contributed by atoms with E-state index in [1.807, 2.05) is 6.92 Å². The molecule has 0 atom stereocenters. The van der Waals surface area contributed by atoms with Crippen molar-refractivity contribution < 1.29 is 33.6 Å². The monoisotopic (exact) mass is 401 g/mol. The van der Waals surface area contributed by atoms with Crippen LogP contribution in [0.2, 0.25) is 0 Å². The molecule has 29 heavy (non-hydrogen) atoms. The molecule has 2 N–H and O–H groups in total. The van der Waals surface area contributed by atoms with Crippen molar-refractivity contribution in [3.05, 3.63) is 47.5 Å². The molecule has 154 valence electrons. The molecular weight excluding hydrogens is 378 g/mol. The number of ether oxygens (including phenoxy) is 4. The molecule has 0 bridgehead atoms. The average molecular weight is 401 g/mol. The maximum Gasteiger partial charge on any atom is 0.337 e. The summed E-state index contributed by atoms with van der Waals surface area (Å²) < 4.78 is 21.0. The molecule has 0 saturated carbocycles. The van der Waals surface area contributed by atoms with Crippen LogP contribution >= 0.6 is 0 Å². The number of hydrogen-bond acceptors (Lipinski definition) is 6. The SMILES string of the molecule is CCOc1ccc(/C=C/C(=O)Nc2cc(OC)c(OC)cc2C(=O)O)cc1OC. The number of carboxylic acid groups (broad SMARTS) is 1. The second kappa shape index (κ2) is 10.0. The van der Waals surface area contributed by atoms with Gasteiger partial charge in [0, 0.05) is 18.2 Å². The molecule has 0 saturated heterocycles. The van der Waals surface area contributed by atoms with E-state index >= 15 is 0 Å².